The van der Waals surface area contributed by atoms with Gasteiger partial charge < -0.3 is 14.6 Å². The Morgan fingerprint density at radius 3 is 3.00 bits per heavy atom. The molecule has 0 spiro atoms. The third-order valence-corrected chi connectivity index (χ3v) is 1.48. The van der Waals surface area contributed by atoms with Crippen molar-refractivity contribution >= 4 is 5.78 Å². The van der Waals surface area contributed by atoms with Gasteiger partial charge in [-0.25, -0.2) is 0 Å². The molecule has 1 N–H and O–H groups in total. The van der Waals surface area contributed by atoms with Crippen molar-refractivity contribution in [1.82, 2.24) is 0 Å². The molecule has 0 radical (unpaired) electrons. The van der Waals surface area contributed by atoms with E-state index in [1.54, 1.807) is 0 Å². The molecule has 1 rings (SSSR count). The van der Waals surface area contributed by atoms with Crippen molar-refractivity contribution in [3.8, 4) is 0 Å². The molecule has 0 bridgehead atoms. The molecule has 58 valence electrons. The lowest BCUT2D eigenvalue weighted by molar-refractivity contribution is -0.174. The largest absolute Gasteiger partial charge is 0.373 e. The van der Waals surface area contributed by atoms with Crippen LogP contribution in [-0.2, 0) is 14.3 Å². The summed E-state index contributed by atoms with van der Waals surface area (Å²) < 4.78 is 9.43. The highest BCUT2D eigenvalue weighted by atomic mass is 16.6. The van der Waals surface area contributed by atoms with Gasteiger partial charge in [0.15, 0.2) is 12.1 Å². The summed E-state index contributed by atoms with van der Waals surface area (Å²) in [6, 6.07) is 0. The summed E-state index contributed by atoms with van der Waals surface area (Å²) in [6.45, 7) is -0.0420. The lowest BCUT2D eigenvalue weighted by atomic mass is 10.1. The second kappa shape index (κ2) is 3.09. The number of hydrogen-bond acceptors (Lipinski definition) is 4. The molecule has 2 atom stereocenters. The predicted octanol–water partition coefficient (Wildman–Crippen LogP) is -0.691. The number of aliphatic hydroxyl groups excluding tert-OH is 1. The Bertz CT molecular complexity index is 134. The van der Waals surface area contributed by atoms with Gasteiger partial charge in [0.2, 0.25) is 0 Å². The van der Waals surface area contributed by atoms with Crippen molar-refractivity contribution < 1.29 is 19.4 Å². The van der Waals surface area contributed by atoms with E-state index in [1.807, 2.05) is 0 Å². The van der Waals surface area contributed by atoms with Gasteiger partial charge in [0.25, 0.3) is 0 Å². The van der Waals surface area contributed by atoms with Crippen LogP contribution >= 0.6 is 0 Å². The molecule has 4 nitrogen and oxygen atoms in total. The SMILES string of the molecule is COC1CC(O)OCC1=O. The first-order chi connectivity index (χ1) is 4.74. The molecule has 10 heavy (non-hydrogen) atoms. The van der Waals surface area contributed by atoms with Crippen LogP contribution in [0.4, 0.5) is 0 Å². The molecule has 4 heteroatoms. The Labute approximate surface area is 58.7 Å². The van der Waals surface area contributed by atoms with Crippen LogP contribution in [-0.4, -0.2) is 37.0 Å². The van der Waals surface area contributed by atoms with Crippen LogP contribution in [0, 0.1) is 0 Å². The maximum absolute atomic E-state index is 10.8. The van der Waals surface area contributed by atoms with E-state index in [-0.39, 0.29) is 18.8 Å². The van der Waals surface area contributed by atoms with Crippen LogP contribution in [0.1, 0.15) is 6.42 Å². The Balaban J connectivity index is 2.45. The highest BCUT2D eigenvalue weighted by Gasteiger charge is 2.27. The van der Waals surface area contributed by atoms with E-state index in [4.69, 9.17) is 9.84 Å². The zero-order valence-corrected chi connectivity index (χ0v) is 5.74. The summed E-state index contributed by atoms with van der Waals surface area (Å²) in [5, 5.41) is 8.87. The normalized spacial score (nSPS) is 34.4. The quantitative estimate of drug-likeness (QED) is 0.532. The number of aliphatic hydroxyl groups is 1. The fraction of sp³-hybridized carbons (Fsp3) is 0.833. The Kier molecular flexibility index (Phi) is 2.37. The van der Waals surface area contributed by atoms with Gasteiger partial charge in [-0.1, -0.05) is 0 Å². The van der Waals surface area contributed by atoms with Gasteiger partial charge >= 0.3 is 0 Å². The summed E-state index contributed by atoms with van der Waals surface area (Å²) in [5.41, 5.74) is 0. The topological polar surface area (TPSA) is 55.8 Å². The molecule has 0 aromatic heterocycles. The number of carbonyl (C=O) groups excluding carboxylic acids is 1. The van der Waals surface area contributed by atoms with Crippen LogP contribution in [0.2, 0.25) is 0 Å². The molecule has 1 fully saturated rings. The minimum Gasteiger partial charge on any atom is -0.373 e. The number of methoxy groups -OCH3 is 1. The first-order valence-electron chi connectivity index (χ1n) is 3.09. The summed E-state index contributed by atoms with van der Waals surface area (Å²) >= 11 is 0. The van der Waals surface area contributed by atoms with Crippen LogP contribution in [0.5, 0.6) is 0 Å². The van der Waals surface area contributed by atoms with Crippen molar-refractivity contribution in [2.75, 3.05) is 13.7 Å². The van der Waals surface area contributed by atoms with E-state index in [2.05, 4.69) is 4.74 Å². The molecule has 1 heterocycles. The molecular weight excluding hydrogens is 136 g/mol. The van der Waals surface area contributed by atoms with Crippen molar-refractivity contribution in [3.63, 3.8) is 0 Å². The van der Waals surface area contributed by atoms with Gasteiger partial charge in [0, 0.05) is 13.5 Å². The van der Waals surface area contributed by atoms with Crippen molar-refractivity contribution in [1.29, 1.82) is 0 Å². The molecule has 1 saturated heterocycles. The number of Topliss-reactive ketones (excluding diaryl/α,β-unsaturated/α-hetero) is 1. The van der Waals surface area contributed by atoms with E-state index < -0.39 is 12.4 Å². The van der Waals surface area contributed by atoms with Gasteiger partial charge in [0.1, 0.15) is 12.7 Å². The first-order valence-corrected chi connectivity index (χ1v) is 3.09. The van der Waals surface area contributed by atoms with Gasteiger partial charge in [-0.3, -0.25) is 4.79 Å². The van der Waals surface area contributed by atoms with Gasteiger partial charge in [-0.05, 0) is 0 Å². The zero-order valence-electron chi connectivity index (χ0n) is 5.74. The maximum Gasteiger partial charge on any atom is 0.187 e. The number of rotatable bonds is 1. The van der Waals surface area contributed by atoms with Crippen LogP contribution < -0.4 is 0 Å². The molecule has 0 amide bonds. The average molecular weight is 146 g/mol. The van der Waals surface area contributed by atoms with E-state index >= 15 is 0 Å². The summed E-state index contributed by atoms with van der Waals surface area (Å²) in [6.07, 6.45) is -1.08. The number of carbonyl (C=O) groups is 1. The second-order valence-corrected chi connectivity index (χ2v) is 2.19. The zero-order chi connectivity index (χ0) is 7.56. The van der Waals surface area contributed by atoms with E-state index in [1.165, 1.54) is 7.11 Å². The first kappa shape index (κ1) is 7.65. The fourth-order valence-electron chi connectivity index (χ4n) is 0.882. The van der Waals surface area contributed by atoms with Crippen molar-refractivity contribution in [2.45, 2.75) is 18.8 Å². The summed E-state index contributed by atoms with van der Waals surface area (Å²) in [5.74, 6) is -0.104. The van der Waals surface area contributed by atoms with Gasteiger partial charge in [-0.2, -0.15) is 0 Å². The highest BCUT2D eigenvalue weighted by molar-refractivity contribution is 5.84. The molecule has 0 aliphatic carbocycles. The Morgan fingerprint density at radius 1 is 1.80 bits per heavy atom. The Morgan fingerprint density at radius 2 is 2.50 bits per heavy atom. The fourth-order valence-corrected chi connectivity index (χ4v) is 0.882. The molecule has 1 aliphatic rings. The Hall–Kier alpha value is -0.450. The molecule has 0 aromatic rings. The molecular formula is C6H10O4. The third kappa shape index (κ3) is 1.53. The standard InChI is InChI=1S/C6H10O4/c1-9-5-2-6(8)10-3-4(5)7/h5-6,8H,2-3H2,1H3. The smallest absolute Gasteiger partial charge is 0.187 e. The van der Waals surface area contributed by atoms with E-state index in [0.717, 1.165) is 0 Å². The monoisotopic (exact) mass is 146 g/mol. The number of ether oxygens (including phenoxy) is 2. The molecule has 0 aromatic carbocycles. The third-order valence-electron chi connectivity index (χ3n) is 1.48. The van der Waals surface area contributed by atoms with Gasteiger partial charge in [0.05, 0.1) is 0 Å². The predicted molar refractivity (Wildman–Crippen MR) is 32.4 cm³/mol. The van der Waals surface area contributed by atoms with Crippen molar-refractivity contribution in [3.05, 3.63) is 0 Å². The molecule has 2 unspecified atom stereocenters. The molecule has 0 saturated carbocycles. The minimum atomic E-state index is -0.845. The highest BCUT2D eigenvalue weighted by Crippen LogP contribution is 2.10. The van der Waals surface area contributed by atoms with Crippen molar-refractivity contribution in [2.24, 2.45) is 0 Å². The average Bonchev–Trinajstić information content (AvgIpc) is 1.94. The lowest BCUT2D eigenvalue weighted by Crippen LogP contribution is -2.38. The minimum absolute atomic E-state index is 0.0420. The maximum atomic E-state index is 10.8. The number of hydrogen-bond donors (Lipinski definition) is 1. The van der Waals surface area contributed by atoms with Crippen LogP contribution in [0.3, 0.4) is 0 Å². The van der Waals surface area contributed by atoms with Crippen LogP contribution in [0.15, 0.2) is 0 Å². The van der Waals surface area contributed by atoms with Gasteiger partial charge in [-0.15, -0.1) is 0 Å². The number of ketones is 1. The van der Waals surface area contributed by atoms with Crippen LogP contribution in [0.25, 0.3) is 0 Å². The molecule has 1 aliphatic heterocycles. The lowest BCUT2D eigenvalue weighted by Gasteiger charge is -2.23. The second-order valence-electron chi connectivity index (χ2n) is 2.19. The van der Waals surface area contributed by atoms with E-state index in [0.29, 0.717) is 0 Å². The summed E-state index contributed by atoms with van der Waals surface area (Å²) in [4.78, 5) is 10.8. The van der Waals surface area contributed by atoms with E-state index in [9.17, 15) is 4.79 Å². The summed E-state index contributed by atoms with van der Waals surface area (Å²) in [7, 11) is 1.45.